The summed E-state index contributed by atoms with van der Waals surface area (Å²) in [6.45, 7) is 0. The van der Waals surface area contributed by atoms with E-state index in [-0.39, 0.29) is 29.7 Å². The maximum atomic E-state index is 14.1. The van der Waals surface area contributed by atoms with E-state index in [0.717, 1.165) is 4.90 Å². The van der Waals surface area contributed by atoms with E-state index in [0.29, 0.717) is 22.3 Å². The summed E-state index contributed by atoms with van der Waals surface area (Å²) < 4.78 is 15.6. The van der Waals surface area contributed by atoms with Crippen LogP contribution in [-0.2, 0) is 6.42 Å². The maximum Gasteiger partial charge on any atom is 0.411 e. The molecule has 10 heteroatoms. The fraction of sp³-hybridized carbons (Fsp3) is 0.105. The van der Waals surface area contributed by atoms with E-state index in [1.807, 2.05) is 0 Å². The van der Waals surface area contributed by atoms with Gasteiger partial charge in [0.05, 0.1) is 17.4 Å². The van der Waals surface area contributed by atoms with Gasteiger partial charge in [0.25, 0.3) is 5.95 Å². The molecule has 29 heavy (non-hydrogen) atoms. The second-order valence-electron chi connectivity index (χ2n) is 6.28. The summed E-state index contributed by atoms with van der Waals surface area (Å²) in [5.74, 6) is -0.182. The Balaban J connectivity index is 1.80. The predicted molar refractivity (Wildman–Crippen MR) is 105 cm³/mol. The van der Waals surface area contributed by atoms with Crippen molar-refractivity contribution in [3.63, 3.8) is 0 Å². The number of carboxylic acid groups (broad SMARTS) is 1. The summed E-state index contributed by atoms with van der Waals surface area (Å²) in [4.78, 5) is 24.8. The average molecular weight is 393 g/mol. The first-order valence-electron chi connectivity index (χ1n) is 8.61. The number of pyridine rings is 1. The van der Waals surface area contributed by atoms with E-state index in [1.54, 1.807) is 36.5 Å². The third kappa shape index (κ3) is 3.31. The third-order valence-corrected chi connectivity index (χ3v) is 4.45. The molecule has 0 saturated heterocycles. The molecule has 0 unspecified atom stereocenters. The van der Waals surface area contributed by atoms with Crippen LogP contribution >= 0.6 is 0 Å². The first kappa shape index (κ1) is 18.3. The highest BCUT2D eigenvalue weighted by atomic mass is 19.1. The second kappa shape index (κ2) is 7.15. The number of rotatable bonds is 4. The number of benzene rings is 1. The highest BCUT2D eigenvalue weighted by molar-refractivity contribution is 5.88. The molecule has 0 fully saturated rings. The molecule has 0 aliphatic heterocycles. The minimum absolute atomic E-state index is 0.0110. The molecular formula is C19H16FN7O2. The van der Waals surface area contributed by atoms with Crippen molar-refractivity contribution in [2.45, 2.75) is 6.42 Å². The summed E-state index contributed by atoms with van der Waals surface area (Å²) in [5.41, 5.74) is 8.34. The molecule has 0 radical (unpaired) electrons. The van der Waals surface area contributed by atoms with Crippen LogP contribution < -0.4 is 10.6 Å². The highest BCUT2D eigenvalue weighted by Crippen LogP contribution is 2.24. The fourth-order valence-electron chi connectivity index (χ4n) is 2.95. The number of fused-ring (bicyclic) bond motifs is 1. The van der Waals surface area contributed by atoms with E-state index in [4.69, 9.17) is 10.8 Å². The standard InChI is InChI=1S/C19H16FN7O2/c1-26(19(28)29)15-10-23-18(24-17(15)21)27-14-7-4-8-22-16(14)13(25-27)9-11-5-2-3-6-12(11)20/h2-8,10H,9H2,1H3,(H,28,29)(H2,21,23,24). The number of amides is 1. The van der Waals surface area contributed by atoms with Crippen molar-refractivity contribution in [2.75, 3.05) is 17.7 Å². The van der Waals surface area contributed by atoms with Crippen LogP contribution in [0.25, 0.3) is 17.0 Å². The summed E-state index contributed by atoms with van der Waals surface area (Å²) in [5, 5.41) is 13.6. The molecule has 1 aromatic carbocycles. The maximum absolute atomic E-state index is 14.1. The summed E-state index contributed by atoms with van der Waals surface area (Å²) in [7, 11) is 1.34. The molecule has 0 bridgehead atoms. The van der Waals surface area contributed by atoms with Crippen molar-refractivity contribution in [1.29, 1.82) is 0 Å². The fourth-order valence-corrected chi connectivity index (χ4v) is 2.95. The molecule has 3 aromatic heterocycles. The number of hydrogen-bond acceptors (Lipinski definition) is 6. The van der Waals surface area contributed by atoms with Crippen LogP contribution in [0, 0.1) is 5.82 Å². The van der Waals surface area contributed by atoms with Crippen molar-refractivity contribution in [1.82, 2.24) is 24.7 Å². The van der Waals surface area contributed by atoms with Gasteiger partial charge in [0.1, 0.15) is 17.0 Å². The van der Waals surface area contributed by atoms with Gasteiger partial charge in [-0.1, -0.05) is 18.2 Å². The largest absolute Gasteiger partial charge is 0.465 e. The summed E-state index contributed by atoms with van der Waals surface area (Å²) in [6, 6.07) is 9.99. The number of hydrogen-bond donors (Lipinski definition) is 2. The van der Waals surface area contributed by atoms with Gasteiger partial charge in [-0.25, -0.2) is 14.2 Å². The van der Waals surface area contributed by atoms with Gasteiger partial charge in [0, 0.05) is 19.7 Å². The number of nitrogen functional groups attached to an aromatic ring is 1. The Morgan fingerprint density at radius 3 is 2.76 bits per heavy atom. The van der Waals surface area contributed by atoms with Gasteiger partial charge < -0.3 is 10.8 Å². The SMILES string of the molecule is CN(C(=O)O)c1cnc(-n2nc(Cc3ccccc3F)c3ncccc32)nc1N. The molecule has 1 amide bonds. The van der Waals surface area contributed by atoms with E-state index in [2.05, 4.69) is 20.1 Å². The smallest absolute Gasteiger partial charge is 0.411 e. The molecule has 0 aliphatic rings. The normalized spacial score (nSPS) is 11.0. The monoisotopic (exact) mass is 393 g/mol. The van der Waals surface area contributed by atoms with Crippen molar-refractivity contribution in [3.8, 4) is 5.95 Å². The Bertz CT molecular complexity index is 1220. The van der Waals surface area contributed by atoms with Crippen LogP contribution in [-0.4, -0.2) is 43.0 Å². The Hall–Kier alpha value is -4.08. The molecule has 0 aliphatic carbocycles. The molecule has 0 spiro atoms. The minimum atomic E-state index is -1.19. The molecule has 0 atom stereocenters. The third-order valence-electron chi connectivity index (χ3n) is 4.45. The minimum Gasteiger partial charge on any atom is -0.465 e. The molecule has 9 nitrogen and oxygen atoms in total. The molecule has 4 aromatic rings. The van der Waals surface area contributed by atoms with E-state index < -0.39 is 6.09 Å². The molecule has 0 saturated carbocycles. The lowest BCUT2D eigenvalue weighted by Crippen LogP contribution is -2.25. The van der Waals surface area contributed by atoms with Crippen molar-refractivity contribution in [2.24, 2.45) is 0 Å². The summed E-state index contributed by atoms with van der Waals surface area (Å²) >= 11 is 0. The highest BCUT2D eigenvalue weighted by Gasteiger charge is 2.19. The number of nitrogens with two attached hydrogens (primary N) is 1. The number of nitrogens with zero attached hydrogens (tertiary/aromatic N) is 6. The number of anilines is 2. The van der Waals surface area contributed by atoms with Crippen LogP contribution in [0.15, 0.2) is 48.8 Å². The van der Waals surface area contributed by atoms with Crippen LogP contribution in [0.3, 0.4) is 0 Å². The Morgan fingerprint density at radius 1 is 1.24 bits per heavy atom. The lowest BCUT2D eigenvalue weighted by Gasteiger charge is -2.14. The number of aromatic nitrogens is 5. The Kier molecular flexibility index (Phi) is 4.51. The topological polar surface area (TPSA) is 123 Å². The lowest BCUT2D eigenvalue weighted by atomic mass is 10.1. The quantitative estimate of drug-likeness (QED) is 0.546. The van der Waals surface area contributed by atoms with Gasteiger partial charge in [0.2, 0.25) is 0 Å². The molecule has 146 valence electrons. The van der Waals surface area contributed by atoms with Gasteiger partial charge >= 0.3 is 6.09 Å². The van der Waals surface area contributed by atoms with Crippen LogP contribution in [0.4, 0.5) is 20.7 Å². The zero-order chi connectivity index (χ0) is 20.5. The van der Waals surface area contributed by atoms with Crippen molar-refractivity contribution in [3.05, 3.63) is 65.9 Å². The van der Waals surface area contributed by atoms with Crippen LogP contribution in [0.5, 0.6) is 0 Å². The first-order chi connectivity index (χ1) is 14.0. The molecule has 3 N–H and O–H groups in total. The zero-order valence-electron chi connectivity index (χ0n) is 15.3. The molecule has 4 rings (SSSR count). The summed E-state index contributed by atoms with van der Waals surface area (Å²) in [6.07, 6.45) is 1.99. The van der Waals surface area contributed by atoms with Gasteiger partial charge in [-0.2, -0.15) is 14.8 Å². The van der Waals surface area contributed by atoms with Gasteiger partial charge in [-0.15, -0.1) is 0 Å². The molecular weight excluding hydrogens is 377 g/mol. The van der Waals surface area contributed by atoms with Gasteiger partial charge in [0.15, 0.2) is 5.82 Å². The number of halogens is 1. The van der Waals surface area contributed by atoms with Crippen LogP contribution in [0.1, 0.15) is 11.3 Å². The first-order valence-corrected chi connectivity index (χ1v) is 8.61. The lowest BCUT2D eigenvalue weighted by molar-refractivity contribution is 0.203. The second-order valence-corrected chi connectivity index (χ2v) is 6.28. The zero-order valence-corrected chi connectivity index (χ0v) is 15.3. The Morgan fingerprint density at radius 2 is 2.03 bits per heavy atom. The van der Waals surface area contributed by atoms with Gasteiger partial charge in [-0.3, -0.25) is 9.88 Å². The predicted octanol–water partition coefficient (Wildman–Crippen LogP) is 2.64. The average Bonchev–Trinajstić information content (AvgIpc) is 3.08. The van der Waals surface area contributed by atoms with E-state index in [1.165, 1.54) is 24.0 Å². The van der Waals surface area contributed by atoms with Crippen molar-refractivity contribution < 1.29 is 14.3 Å². The van der Waals surface area contributed by atoms with Gasteiger partial charge in [-0.05, 0) is 23.8 Å². The van der Waals surface area contributed by atoms with E-state index >= 15 is 0 Å². The Labute approximate surface area is 164 Å². The molecule has 3 heterocycles. The van der Waals surface area contributed by atoms with Crippen molar-refractivity contribution >= 4 is 28.6 Å². The number of carbonyl (C=O) groups is 1. The van der Waals surface area contributed by atoms with Crippen LogP contribution in [0.2, 0.25) is 0 Å². The van der Waals surface area contributed by atoms with E-state index in [9.17, 15) is 9.18 Å².